The third-order valence-electron chi connectivity index (χ3n) is 4.17. The molecule has 0 atom stereocenters. The molecule has 3 aromatic rings. The fourth-order valence-corrected chi connectivity index (χ4v) is 3.66. The first-order chi connectivity index (χ1) is 13.6. The van der Waals surface area contributed by atoms with Crippen LogP contribution in [0.2, 0.25) is 0 Å². The fourth-order valence-electron chi connectivity index (χ4n) is 2.81. The standard InChI is InChI=1S/C22H23N3O2S/c1-16(26)24-19-9-5-8-18(14-19)22-25-20(15-28-22)12-13-23-21(27)11-10-17-6-3-2-4-7-17/h2-9,14-15H,10-13H2,1H3,(H,23,27)(H,24,26). The molecule has 1 heterocycles. The number of aryl methyl sites for hydroxylation is 1. The van der Waals surface area contributed by atoms with Gasteiger partial charge in [-0.1, -0.05) is 42.5 Å². The molecule has 0 saturated heterocycles. The Kier molecular flexibility index (Phi) is 6.92. The zero-order chi connectivity index (χ0) is 19.8. The number of nitrogens with zero attached hydrogens (tertiary/aromatic N) is 1. The third-order valence-corrected chi connectivity index (χ3v) is 5.11. The Labute approximate surface area is 168 Å². The van der Waals surface area contributed by atoms with Gasteiger partial charge < -0.3 is 10.6 Å². The van der Waals surface area contributed by atoms with Crippen molar-refractivity contribution in [2.45, 2.75) is 26.2 Å². The fraction of sp³-hybridized carbons (Fsp3) is 0.227. The van der Waals surface area contributed by atoms with Gasteiger partial charge in [0.25, 0.3) is 0 Å². The molecule has 5 nitrogen and oxygen atoms in total. The van der Waals surface area contributed by atoms with Crippen LogP contribution in [0.25, 0.3) is 10.6 Å². The lowest BCUT2D eigenvalue weighted by Gasteiger charge is -2.05. The lowest BCUT2D eigenvalue weighted by atomic mass is 10.1. The minimum Gasteiger partial charge on any atom is -0.356 e. The minimum atomic E-state index is -0.0972. The molecule has 2 amide bonds. The topological polar surface area (TPSA) is 71.1 Å². The molecule has 1 aromatic heterocycles. The molecule has 0 fully saturated rings. The molecule has 6 heteroatoms. The Morgan fingerprint density at radius 3 is 2.64 bits per heavy atom. The van der Waals surface area contributed by atoms with E-state index in [1.807, 2.05) is 60.0 Å². The maximum atomic E-state index is 12.0. The summed E-state index contributed by atoms with van der Waals surface area (Å²) in [5, 5.41) is 8.65. The number of aromatic nitrogens is 1. The molecule has 0 saturated carbocycles. The van der Waals surface area contributed by atoms with Gasteiger partial charge in [-0.2, -0.15) is 0 Å². The van der Waals surface area contributed by atoms with Crippen LogP contribution in [0.15, 0.2) is 60.0 Å². The van der Waals surface area contributed by atoms with E-state index in [-0.39, 0.29) is 11.8 Å². The molecule has 144 valence electrons. The number of carbonyl (C=O) groups excluding carboxylic acids is 2. The molecule has 0 unspecified atom stereocenters. The molecule has 0 aliphatic rings. The van der Waals surface area contributed by atoms with Gasteiger partial charge in [-0.3, -0.25) is 9.59 Å². The largest absolute Gasteiger partial charge is 0.356 e. The zero-order valence-corrected chi connectivity index (χ0v) is 16.6. The van der Waals surface area contributed by atoms with E-state index >= 15 is 0 Å². The van der Waals surface area contributed by atoms with Gasteiger partial charge in [0.15, 0.2) is 0 Å². The van der Waals surface area contributed by atoms with E-state index in [1.165, 1.54) is 12.5 Å². The van der Waals surface area contributed by atoms with Crippen molar-refractivity contribution in [2.75, 3.05) is 11.9 Å². The molecule has 0 spiro atoms. The summed E-state index contributed by atoms with van der Waals surface area (Å²) in [5.74, 6) is -0.0395. The summed E-state index contributed by atoms with van der Waals surface area (Å²) in [6.07, 6.45) is 1.93. The monoisotopic (exact) mass is 393 g/mol. The van der Waals surface area contributed by atoms with Crippen molar-refractivity contribution in [1.82, 2.24) is 10.3 Å². The number of thiazole rings is 1. The quantitative estimate of drug-likeness (QED) is 0.606. The summed E-state index contributed by atoms with van der Waals surface area (Å²) in [6, 6.07) is 17.6. The number of hydrogen-bond acceptors (Lipinski definition) is 4. The molecule has 2 N–H and O–H groups in total. The van der Waals surface area contributed by atoms with Crippen LogP contribution >= 0.6 is 11.3 Å². The maximum absolute atomic E-state index is 12.0. The number of anilines is 1. The second-order valence-corrected chi connectivity index (χ2v) is 7.35. The van der Waals surface area contributed by atoms with Gasteiger partial charge in [0, 0.05) is 42.9 Å². The van der Waals surface area contributed by atoms with Crippen molar-refractivity contribution in [3.63, 3.8) is 0 Å². The summed E-state index contributed by atoms with van der Waals surface area (Å²) < 4.78 is 0. The van der Waals surface area contributed by atoms with Gasteiger partial charge >= 0.3 is 0 Å². The lowest BCUT2D eigenvalue weighted by Crippen LogP contribution is -2.25. The number of rotatable bonds is 8. The van der Waals surface area contributed by atoms with Crippen LogP contribution in [-0.2, 0) is 22.4 Å². The summed E-state index contributed by atoms with van der Waals surface area (Å²) >= 11 is 1.56. The van der Waals surface area contributed by atoms with E-state index in [0.717, 1.165) is 28.4 Å². The van der Waals surface area contributed by atoms with Gasteiger partial charge in [-0.05, 0) is 24.1 Å². The zero-order valence-electron chi connectivity index (χ0n) is 15.8. The molecular formula is C22H23N3O2S. The summed E-state index contributed by atoms with van der Waals surface area (Å²) in [7, 11) is 0. The average Bonchev–Trinajstić information content (AvgIpc) is 3.16. The van der Waals surface area contributed by atoms with Crippen molar-refractivity contribution in [3.8, 4) is 10.6 Å². The van der Waals surface area contributed by atoms with E-state index in [1.54, 1.807) is 11.3 Å². The summed E-state index contributed by atoms with van der Waals surface area (Å²) in [5.41, 5.74) is 3.85. The molecule has 0 radical (unpaired) electrons. The van der Waals surface area contributed by atoms with Crippen LogP contribution in [0.1, 0.15) is 24.6 Å². The molecule has 0 aliphatic heterocycles. The van der Waals surface area contributed by atoms with Crippen LogP contribution in [0.3, 0.4) is 0 Å². The highest BCUT2D eigenvalue weighted by Crippen LogP contribution is 2.26. The Balaban J connectivity index is 1.47. The van der Waals surface area contributed by atoms with Gasteiger partial charge in [0.05, 0.1) is 5.69 Å². The highest BCUT2D eigenvalue weighted by molar-refractivity contribution is 7.13. The van der Waals surface area contributed by atoms with Crippen molar-refractivity contribution < 1.29 is 9.59 Å². The Bertz CT molecular complexity index is 938. The predicted octanol–water partition coefficient (Wildman–Crippen LogP) is 4.06. The number of carbonyl (C=O) groups is 2. The molecule has 2 aromatic carbocycles. The Morgan fingerprint density at radius 1 is 1.04 bits per heavy atom. The molecule has 0 bridgehead atoms. The summed E-state index contributed by atoms with van der Waals surface area (Å²) in [4.78, 5) is 27.8. The smallest absolute Gasteiger partial charge is 0.221 e. The third kappa shape index (κ3) is 6.03. The van der Waals surface area contributed by atoms with E-state index in [4.69, 9.17) is 0 Å². The first kappa shape index (κ1) is 19.8. The Morgan fingerprint density at radius 2 is 1.86 bits per heavy atom. The molecular weight excluding hydrogens is 370 g/mol. The van der Waals surface area contributed by atoms with Gasteiger partial charge in [0.1, 0.15) is 5.01 Å². The van der Waals surface area contributed by atoms with E-state index in [9.17, 15) is 9.59 Å². The van der Waals surface area contributed by atoms with Crippen molar-refractivity contribution in [3.05, 3.63) is 71.2 Å². The highest BCUT2D eigenvalue weighted by atomic mass is 32.1. The van der Waals surface area contributed by atoms with Crippen molar-refractivity contribution in [1.29, 1.82) is 0 Å². The minimum absolute atomic E-state index is 0.0577. The second-order valence-electron chi connectivity index (χ2n) is 6.49. The van der Waals surface area contributed by atoms with Crippen LogP contribution in [0, 0.1) is 0 Å². The van der Waals surface area contributed by atoms with Crippen molar-refractivity contribution >= 4 is 28.8 Å². The van der Waals surface area contributed by atoms with E-state index < -0.39 is 0 Å². The molecule has 28 heavy (non-hydrogen) atoms. The molecule has 0 aliphatic carbocycles. The van der Waals surface area contributed by atoms with Crippen molar-refractivity contribution in [2.24, 2.45) is 0 Å². The maximum Gasteiger partial charge on any atom is 0.221 e. The van der Waals surface area contributed by atoms with Gasteiger partial charge in [-0.15, -0.1) is 11.3 Å². The predicted molar refractivity (Wildman–Crippen MR) is 113 cm³/mol. The van der Waals surface area contributed by atoms with Crippen LogP contribution in [-0.4, -0.2) is 23.3 Å². The van der Waals surface area contributed by atoms with Crippen LogP contribution < -0.4 is 10.6 Å². The van der Waals surface area contributed by atoms with E-state index in [2.05, 4.69) is 15.6 Å². The Hall–Kier alpha value is -2.99. The average molecular weight is 394 g/mol. The van der Waals surface area contributed by atoms with Crippen LogP contribution in [0.5, 0.6) is 0 Å². The van der Waals surface area contributed by atoms with E-state index in [0.29, 0.717) is 19.4 Å². The van der Waals surface area contributed by atoms with Gasteiger partial charge in [0.2, 0.25) is 11.8 Å². The second kappa shape index (κ2) is 9.80. The number of nitrogens with one attached hydrogen (secondary N) is 2. The van der Waals surface area contributed by atoms with Crippen LogP contribution in [0.4, 0.5) is 5.69 Å². The SMILES string of the molecule is CC(=O)Nc1cccc(-c2nc(CCNC(=O)CCc3ccccc3)cs2)c1. The highest BCUT2D eigenvalue weighted by Gasteiger charge is 2.07. The first-order valence-electron chi connectivity index (χ1n) is 9.23. The summed E-state index contributed by atoms with van der Waals surface area (Å²) in [6.45, 7) is 2.06. The number of amides is 2. The first-order valence-corrected chi connectivity index (χ1v) is 10.1. The lowest BCUT2D eigenvalue weighted by molar-refractivity contribution is -0.121. The molecule has 3 rings (SSSR count). The number of benzene rings is 2. The number of hydrogen-bond donors (Lipinski definition) is 2. The van der Waals surface area contributed by atoms with Gasteiger partial charge in [-0.25, -0.2) is 4.98 Å². The normalized spacial score (nSPS) is 10.5.